The number of alkyl halides is 3. The fourth-order valence-electron chi connectivity index (χ4n) is 2.02. The first kappa shape index (κ1) is 18.6. The third-order valence-corrected chi connectivity index (χ3v) is 4.00. The summed E-state index contributed by atoms with van der Waals surface area (Å²) in [4.78, 5) is 13.0. The molecule has 0 saturated heterocycles. The van der Waals surface area contributed by atoms with Gasteiger partial charge < -0.3 is 5.32 Å². The second-order valence-corrected chi connectivity index (χ2v) is 5.85. The highest BCUT2D eigenvalue weighted by Crippen LogP contribution is 2.35. The van der Waals surface area contributed by atoms with Gasteiger partial charge in [0.2, 0.25) is 5.91 Å². The van der Waals surface area contributed by atoms with Crippen LogP contribution >= 0.6 is 11.8 Å². The van der Waals surface area contributed by atoms with Crippen molar-refractivity contribution in [1.82, 2.24) is 0 Å². The summed E-state index contributed by atoms with van der Waals surface area (Å²) in [5, 5.41) is 10.9. The van der Waals surface area contributed by atoms with Gasteiger partial charge in [-0.05, 0) is 48.2 Å². The first-order valence-electron chi connectivity index (χ1n) is 7.08. The first-order valence-corrected chi connectivity index (χ1v) is 8.30. The number of carbonyl (C=O) groups excluding carboxylic acids is 1. The van der Waals surface area contributed by atoms with Crippen LogP contribution < -0.4 is 5.32 Å². The number of carbonyl (C=O) groups is 1. The van der Waals surface area contributed by atoms with Crippen molar-refractivity contribution < 1.29 is 18.0 Å². The van der Waals surface area contributed by atoms with Crippen LogP contribution in [0, 0.1) is 11.3 Å². The van der Waals surface area contributed by atoms with Crippen LogP contribution in [0.3, 0.4) is 0 Å². The summed E-state index contributed by atoms with van der Waals surface area (Å²) in [5.41, 5.74) is -0.824. The van der Waals surface area contributed by atoms with Crippen molar-refractivity contribution in [3.63, 3.8) is 0 Å². The van der Waals surface area contributed by atoms with E-state index < -0.39 is 17.6 Å². The van der Waals surface area contributed by atoms with Gasteiger partial charge in [0.15, 0.2) is 0 Å². The minimum Gasteiger partial charge on any atom is -0.322 e. The van der Waals surface area contributed by atoms with E-state index >= 15 is 0 Å². The van der Waals surface area contributed by atoms with Gasteiger partial charge in [-0.2, -0.15) is 18.4 Å². The Morgan fingerprint density at radius 2 is 1.88 bits per heavy atom. The second kappa shape index (κ2) is 7.90. The Kier molecular flexibility index (Phi) is 5.88. The molecule has 0 heterocycles. The van der Waals surface area contributed by atoms with Crippen molar-refractivity contribution in [2.75, 3.05) is 11.6 Å². The molecular formula is C18H13F3N2OS. The van der Waals surface area contributed by atoms with Gasteiger partial charge in [-0.3, -0.25) is 4.79 Å². The van der Waals surface area contributed by atoms with Gasteiger partial charge in [0, 0.05) is 11.0 Å². The smallest absolute Gasteiger partial charge is 0.322 e. The van der Waals surface area contributed by atoms with E-state index in [9.17, 15) is 18.0 Å². The monoisotopic (exact) mass is 362 g/mol. The number of rotatable bonds is 4. The predicted octanol–water partition coefficient (Wildman–Crippen LogP) is 4.95. The number of halogens is 3. The van der Waals surface area contributed by atoms with E-state index in [4.69, 9.17) is 5.26 Å². The van der Waals surface area contributed by atoms with Crippen LogP contribution in [0.1, 0.15) is 16.7 Å². The molecule has 0 bridgehead atoms. The van der Waals surface area contributed by atoms with Gasteiger partial charge in [-0.1, -0.05) is 12.1 Å². The molecular weight excluding hydrogens is 349 g/mol. The van der Waals surface area contributed by atoms with Gasteiger partial charge in [0.1, 0.15) is 0 Å². The lowest BCUT2D eigenvalue weighted by Gasteiger charge is -2.13. The minimum atomic E-state index is -4.67. The molecule has 2 aromatic carbocycles. The highest BCUT2D eigenvalue weighted by Gasteiger charge is 2.34. The highest BCUT2D eigenvalue weighted by atomic mass is 32.2. The molecule has 1 amide bonds. The van der Waals surface area contributed by atoms with Gasteiger partial charge in [0.25, 0.3) is 0 Å². The number of anilines is 1. The van der Waals surface area contributed by atoms with Crippen LogP contribution in [-0.4, -0.2) is 12.2 Å². The molecule has 0 aliphatic rings. The summed E-state index contributed by atoms with van der Waals surface area (Å²) in [6.07, 6.45) is -0.0657. The SMILES string of the molecule is CSc1ccc(/C=C/C(=O)Nc2ccc(C#N)cc2C(F)(F)F)cc1. The Morgan fingerprint density at radius 1 is 1.20 bits per heavy atom. The molecule has 7 heteroatoms. The summed E-state index contributed by atoms with van der Waals surface area (Å²) in [6.45, 7) is 0. The van der Waals surface area contributed by atoms with Crippen LogP contribution in [0.25, 0.3) is 6.08 Å². The van der Waals surface area contributed by atoms with Gasteiger partial charge in [-0.25, -0.2) is 0 Å². The summed E-state index contributed by atoms with van der Waals surface area (Å²) < 4.78 is 39.2. The third kappa shape index (κ3) is 5.13. The average Bonchev–Trinajstić information content (AvgIpc) is 2.59. The Bertz CT molecular complexity index is 837. The fraction of sp³-hybridized carbons (Fsp3) is 0.111. The molecule has 0 aliphatic heterocycles. The number of benzene rings is 2. The molecule has 25 heavy (non-hydrogen) atoms. The third-order valence-electron chi connectivity index (χ3n) is 3.25. The lowest BCUT2D eigenvalue weighted by atomic mass is 10.1. The number of hydrogen-bond acceptors (Lipinski definition) is 3. The van der Waals surface area contributed by atoms with E-state index in [0.29, 0.717) is 6.07 Å². The van der Waals surface area contributed by atoms with Crippen molar-refractivity contribution in [3.8, 4) is 6.07 Å². The molecule has 0 radical (unpaired) electrons. The van der Waals surface area contributed by atoms with E-state index in [1.54, 1.807) is 30.0 Å². The molecule has 0 spiro atoms. The average molecular weight is 362 g/mol. The van der Waals surface area contributed by atoms with Gasteiger partial charge in [-0.15, -0.1) is 11.8 Å². The summed E-state index contributed by atoms with van der Waals surface area (Å²) in [6, 6.07) is 12.0. The van der Waals surface area contributed by atoms with Crippen LogP contribution in [0.4, 0.5) is 18.9 Å². The zero-order valence-electron chi connectivity index (χ0n) is 13.1. The lowest BCUT2D eigenvalue weighted by molar-refractivity contribution is -0.137. The number of nitrogens with zero attached hydrogens (tertiary/aromatic N) is 1. The second-order valence-electron chi connectivity index (χ2n) is 4.97. The largest absolute Gasteiger partial charge is 0.418 e. The Balaban J connectivity index is 2.17. The van der Waals surface area contributed by atoms with Crippen LogP contribution in [-0.2, 0) is 11.0 Å². The number of thioether (sulfide) groups is 1. The Hall–Kier alpha value is -2.72. The standard InChI is InChI=1S/C18H13F3N2OS/c1-25-14-6-2-12(3-7-14)5-9-17(24)23-16-8-4-13(11-22)10-15(16)18(19,20)21/h2-10H,1H3,(H,23,24)/b9-5+. The maximum atomic E-state index is 13.1. The molecule has 0 saturated carbocycles. The lowest BCUT2D eigenvalue weighted by Crippen LogP contribution is -2.15. The maximum absolute atomic E-state index is 13.1. The number of amides is 1. The maximum Gasteiger partial charge on any atom is 0.418 e. The van der Waals surface area contributed by atoms with Crippen molar-refractivity contribution >= 4 is 29.4 Å². The van der Waals surface area contributed by atoms with E-state index in [0.717, 1.165) is 22.6 Å². The van der Waals surface area contributed by atoms with Gasteiger partial charge >= 0.3 is 6.18 Å². The molecule has 128 valence electrons. The number of hydrogen-bond donors (Lipinski definition) is 1. The normalized spacial score (nSPS) is 11.3. The number of nitriles is 1. The summed E-state index contributed by atoms with van der Waals surface area (Å²) in [7, 11) is 0. The molecule has 0 fully saturated rings. The molecule has 1 N–H and O–H groups in total. The minimum absolute atomic E-state index is 0.130. The first-order chi connectivity index (χ1) is 11.8. The van der Waals surface area contributed by atoms with Crippen LogP contribution in [0.15, 0.2) is 53.4 Å². The van der Waals surface area contributed by atoms with E-state index in [2.05, 4.69) is 5.32 Å². The number of nitrogens with one attached hydrogen (secondary N) is 1. The van der Waals surface area contributed by atoms with Crippen molar-refractivity contribution in [1.29, 1.82) is 5.26 Å². The topological polar surface area (TPSA) is 52.9 Å². The molecule has 3 nitrogen and oxygen atoms in total. The van der Waals surface area contributed by atoms with E-state index in [1.807, 2.05) is 18.4 Å². The zero-order chi connectivity index (χ0) is 18.4. The quantitative estimate of drug-likeness (QED) is 0.618. The predicted molar refractivity (Wildman–Crippen MR) is 92.0 cm³/mol. The zero-order valence-corrected chi connectivity index (χ0v) is 13.9. The van der Waals surface area contributed by atoms with Crippen LogP contribution in [0.5, 0.6) is 0 Å². The van der Waals surface area contributed by atoms with Crippen molar-refractivity contribution in [3.05, 3.63) is 65.2 Å². The van der Waals surface area contributed by atoms with Crippen molar-refractivity contribution in [2.24, 2.45) is 0 Å². The van der Waals surface area contributed by atoms with Crippen molar-refractivity contribution in [2.45, 2.75) is 11.1 Å². The highest BCUT2D eigenvalue weighted by molar-refractivity contribution is 7.98. The van der Waals surface area contributed by atoms with E-state index in [1.165, 1.54) is 12.1 Å². The molecule has 0 atom stereocenters. The summed E-state index contributed by atoms with van der Waals surface area (Å²) in [5.74, 6) is -0.691. The van der Waals surface area contributed by atoms with Gasteiger partial charge in [0.05, 0.1) is 22.9 Å². The fourth-order valence-corrected chi connectivity index (χ4v) is 2.43. The Labute approximate surface area is 147 Å². The molecule has 2 aromatic rings. The summed E-state index contributed by atoms with van der Waals surface area (Å²) >= 11 is 1.58. The molecule has 0 aromatic heterocycles. The molecule has 0 unspecified atom stereocenters. The van der Waals surface area contributed by atoms with Crippen LogP contribution in [0.2, 0.25) is 0 Å². The Morgan fingerprint density at radius 3 is 2.44 bits per heavy atom. The molecule has 2 rings (SSSR count). The molecule has 0 aliphatic carbocycles. The van der Waals surface area contributed by atoms with E-state index in [-0.39, 0.29) is 11.3 Å².